The van der Waals surface area contributed by atoms with Gasteiger partial charge in [-0.15, -0.1) is 0 Å². The van der Waals surface area contributed by atoms with Crippen LogP contribution < -0.4 is 0 Å². The standard InChI is InChI=1S/C22H47N3S5/c1-2-3-9-23(10-4-15-26)20-21(24(11-5-16-27)12-6-17-28)22(20)25(13-7-18-29)14-8-19-30/h20-22,26-30H,2-19H2,1H3. The highest BCUT2D eigenvalue weighted by Crippen LogP contribution is 2.39. The highest BCUT2D eigenvalue weighted by atomic mass is 32.1. The van der Waals surface area contributed by atoms with Gasteiger partial charge in [-0.1, -0.05) is 13.3 Å². The van der Waals surface area contributed by atoms with Gasteiger partial charge in [0.15, 0.2) is 0 Å². The fourth-order valence-corrected chi connectivity index (χ4v) is 5.23. The molecule has 8 heteroatoms. The average molecular weight is 514 g/mol. The molecule has 0 aromatic carbocycles. The van der Waals surface area contributed by atoms with Crippen molar-refractivity contribution in [2.24, 2.45) is 0 Å². The van der Waals surface area contributed by atoms with Crippen molar-refractivity contribution < 1.29 is 0 Å². The minimum atomic E-state index is 0.626. The minimum Gasteiger partial charge on any atom is -0.297 e. The molecule has 0 amide bonds. The van der Waals surface area contributed by atoms with Gasteiger partial charge in [-0.3, -0.25) is 14.7 Å². The third-order valence-electron chi connectivity index (χ3n) is 5.99. The third kappa shape index (κ3) is 10.7. The topological polar surface area (TPSA) is 9.72 Å². The summed E-state index contributed by atoms with van der Waals surface area (Å²) < 4.78 is 0. The summed E-state index contributed by atoms with van der Waals surface area (Å²) >= 11 is 22.5. The molecule has 1 rings (SSSR count). The van der Waals surface area contributed by atoms with Crippen molar-refractivity contribution in [2.75, 3.05) is 68.0 Å². The van der Waals surface area contributed by atoms with Crippen LogP contribution in [0.3, 0.4) is 0 Å². The molecular formula is C22H47N3S5. The van der Waals surface area contributed by atoms with E-state index >= 15 is 0 Å². The van der Waals surface area contributed by atoms with Crippen molar-refractivity contribution in [1.82, 2.24) is 14.7 Å². The lowest BCUT2D eigenvalue weighted by atomic mass is 10.2. The minimum absolute atomic E-state index is 0.626. The first-order chi connectivity index (χ1) is 14.7. The summed E-state index contributed by atoms with van der Waals surface area (Å²) in [6, 6.07) is 1.89. The SMILES string of the molecule is CCCCN(CCCS)C1C(N(CCCS)CCCS)C1N(CCCS)CCCS. The fourth-order valence-electron chi connectivity index (χ4n) is 4.52. The van der Waals surface area contributed by atoms with Crippen LogP contribution in [0.15, 0.2) is 0 Å². The second kappa shape index (κ2) is 19.0. The van der Waals surface area contributed by atoms with Crippen molar-refractivity contribution in [3.8, 4) is 0 Å². The van der Waals surface area contributed by atoms with E-state index in [0.717, 1.165) is 80.6 Å². The first-order valence-corrected chi connectivity index (χ1v) is 15.1. The van der Waals surface area contributed by atoms with E-state index in [2.05, 4.69) is 84.8 Å². The van der Waals surface area contributed by atoms with Crippen LogP contribution in [-0.2, 0) is 0 Å². The zero-order valence-corrected chi connectivity index (χ0v) is 23.5. The van der Waals surface area contributed by atoms with E-state index in [0.29, 0.717) is 18.1 Å². The summed E-state index contributed by atoms with van der Waals surface area (Å²) in [5.74, 6) is 4.81. The van der Waals surface area contributed by atoms with Crippen molar-refractivity contribution in [3.05, 3.63) is 0 Å². The van der Waals surface area contributed by atoms with Crippen LogP contribution >= 0.6 is 63.1 Å². The normalized spacial score (nSPS) is 21.3. The number of unbranched alkanes of at least 4 members (excludes halogenated alkanes) is 1. The molecule has 1 saturated carbocycles. The van der Waals surface area contributed by atoms with Gasteiger partial charge in [0.05, 0.1) is 0 Å². The number of nitrogens with zero attached hydrogens (tertiary/aromatic N) is 3. The first kappa shape index (κ1) is 29.7. The van der Waals surface area contributed by atoms with Crippen LogP contribution in [0.5, 0.6) is 0 Å². The van der Waals surface area contributed by atoms with E-state index in [4.69, 9.17) is 0 Å². The molecule has 0 saturated heterocycles. The number of hydrogen-bond acceptors (Lipinski definition) is 8. The Morgan fingerprint density at radius 1 is 0.433 bits per heavy atom. The zero-order chi connectivity index (χ0) is 22.2. The molecule has 0 radical (unpaired) electrons. The Morgan fingerprint density at radius 3 is 0.867 bits per heavy atom. The van der Waals surface area contributed by atoms with Gasteiger partial charge in [-0.05, 0) is 107 Å². The zero-order valence-electron chi connectivity index (χ0n) is 19.0. The molecule has 0 heterocycles. The molecule has 2 unspecified atom stereocenters. The van der Waals surface area contributed by atoms with Crippen molar-refractivity contribution in [1.29, 1.82) is 0 Å². The smallest absolute Gasteiger partial charge is 0.0438 e. The Labute approximate surface area is 214 Å². The maximum Gasteiger partial charge on any atom is 0.0438 e. The summed E-state index contributed by atoms with van der Waals surface area (Å²) in [6.45, 7) is 9.28. The predicted octanol–water partition coefficient (Wildman–Crippen LogP) is 4.41. The van der Waals surface area contributed by atoms with Gasteiger partial charge >= 0.3 is 0 Å². The Bertz CT molecular complexity index is 318. The predicted molar refractivity (Wildman–Crippen MR) is 153 cm³/mol. The molecule has 30 heavy (non-hydrogen) atoms. The van der Waals surface area contributed by atoms with Crippen LogP contribution in [0.25, 0.3) is 0 Å². The van der Waals surface area contributed by atoms with Gasteiger partial charge < -0.3 is 0 Å². The third-order valence-corrected chi connectivity index (χ3v) is 7.57. The lowest BCUT2D eigenvalue weighted by Crippen LogP contribution is -2.37. The number of thiol groups is 5. The molecule has 0 aromatic rings. The molecule has 0 aromatic heterocycles. The Kier molecular flexibility index (Phi) is 18.8. The molecule has 1 aliphatic rings. The summed E-state index contributed by atoms with van der Waals surface area (Å²) in [5.41, 5.74) is 0. The maximum absolute atomic E-state index is 4.50. The second-order valence-electron chi connectivity index (χ2n) is 8.32. The Hall–Kier alpha value is 1.63. The second-order valence-corrected chi connectivity index (χ2v) is 10.6. The van der Waals surface area contributed by atoms with Gasteiger partial charge in [0.25, 0.3) is 0 Å². The Morgan fingerprint density at radius 2 is 0.667 bits per heavy atom. The Balaban J connectivity index is 3.05. The molecule has 0 spiro atoms. The molecule has 180 valence electrons. The van der Waals surface area contributed by atoms with Crippen LogP contribution in [0.4, 0.5) is 0 Å². The van der Waals surface area contributed by atoms with Crippen LogP contribution in [0.1, 0.15) is 51.9 Å². The van der Waals surface area contributed by atoms with Gasteiger partial charge in [0.1, 0.15) is 0 Å². The first-order valence-electron chi connectivity index (χ1n) is 12.0. The molecule has 0 N–H and O–H groups in total. The summed E-state index contributed by atoms with van der Waals surface area (Å²) in [5, 5.41) is 0. The quantitative estimate of drug-likeness (QED) is 0.146. The molecule has 2 atom stereocenters. The van der Waals surface area contributed by atoms with Gasteiger partial charge in [0.2, 0.25) is 0 Å². The van der Waals surface area contributed by atoms with Crippen LogP contribution in [0, 0.1) is 0 Å². The summed E-state index contributed by atoms with van der Waals surface area (Å²) in [4.78, 5) is 8.31. The summed E-state index contributed by atoms with van der Waals surface area (Å²) in [7, 11) is 0. The monoisotopic (exact) mass is 513 g/mol. The fraction of sp³-hybridized carbons (Fsp3) is 1.00. The largest absolute Gasteiger partial charge is 0.297 e. The van der Waals surface area contributed by atoms with E-state index in [1.54, 1.807) is 0 Å². The van der Waals surface area contributed by atoms with E-state index in [1.807, 2.05) is 0 Å². The lowest BCUT2D eigenvalue weighted by molar-refractivity contribution is 0.197. The van der Waals surface area contributed by atoms with E-state index in [1.165, 1.54) is 32.4 Å². The molecular weight excluding hydrogens is 467 g/mol. The van der Waals surface area contributed by atoms with Crippen LogP contribution in [0.2, 0.25) is 0 Å². The van der Waals surface area contributed by atoms with E-state index in [9.17, 15) is 0 Å². The molecule has 1 fully saturated rings. The highest BCUT2D eigenvalue weighted by Gasteiger charge is 2.58. The van der Waals surface area contributed by atoms with Gasteiger partial charge in [0, 0.05) is 18.1 Å². The number of rotatable bonds is 21. The van der Waals surface area contributed by atoms with E-state index < -0.39 is 0 Å². The highest BCUT2D eigenvalue weighted by molar-refractivity contribution is 7.80. The van der Waals surface area contributed by atoms with Crippen molar-refractivity contribution in [2.45, 2.75) is 70.0 Å². The van der Waals surface area contributed by atoms with E-state index in [-0.39, 0.29) is 0 Å². The number of hydrogen-bond donors (Lipinski definition) is 5. The lowest BCUT2D eigenvalue weighted by Gasteiger charge is -2.26. The maximum atomic E-state index is 4.50. The average Bonchev–Trinajstić information content (AvgIpc) is 3.49. The van der Waals surface area contributed by atoms with Gasteiger partial charge in [-0.2, -0.15) is 63.1 Å². The molecule has 0 bridgehead atoms. The molecule has 3 nitrogen and oxygen atoms in total. The molecule has 1 aliphatic carbocycles. The van der Waals surface area contributed by atoms with Crippen molar-refractivity contribution in [3.63, 3.8) is 0 Å². The molecule has 0 aliphatic heterocycles. The van der Waals surface area contributed by atoms with Crippen LogP contribution in [-0.4, -0.2) is 101 Å². The van der Waals surface area contributed by atoms with Gasteiger partial charge in [-0.25, -0.2) is 0 Å². The van der Waals surface area contributed by atoms with Crippen molar-refractivity contribution >= 4 is 63.1 Å². The summed E-state index contributed by atoms with van der Waals surface area (Å²) in [6.07, 6.45) is 8.34.